The Hall–Kier alpha value is -2.30. The molecule has 0 amide bonds. The summed E-state index contributed by atoms with van der Waals surface area (Å²) in [5, 5.41) is 0.474. The lowest BCUT2D eigenvalue weighted by Crippen LogP contribution is -2.12. The van der Waals surface area contributed by atoms with Gasteiger partial charge in [0.1, 0.15) is 11.4 Å². The van der Waals surface area contributed by atoms with Gasteiger partial charge in [-0.3, -0.25) is 4.79 Å². The number of pyridine rings is 1. The number of carbonyl (C=O) groups is 1. The lowest BCUT2D eigenvalue weighted by Gasteiger charge is -2.05. The zero-order chi connectivity index (χ0) is 13.1. The Bertz CT molecular complexity index is 645. The molecule has 0 atom stereocenters. The second-order valence-corrected chi connectivity index (χ2v) is 3.68. The van der Waals surface area contributed by atoms with E-state index < -0.39 is 5.97 Å². The Morgan fingerprint density at radius 1 is 1.33 bits per heavy atom. The van der Waals surface area contributed by atoms with E-state index in [4.69, 9.17) is 9.47 Å². The number of methoxy groups -OCH3 is 1. The standard InChI is InChI=1S/C13H13NO4/c1-3-18-13(16)11-7-12(15)9-6-8(17-2)4-5-10(9)14-11/h4-7H,3H2,1-2H3,(H,14,15). The number of aromatic nitrogens is 1. The van der Waals surface area contributed by atoms with Gasteiger partial charge >= 0.3 is 5.97 Å². The zero-order valence-electron chi connectivity index (χ0n) is 10.1. The number of rotatable bonds is 3. The van der Waals surface area contributed by atoms with E-state index in [2.05, 4.69) is 4.98 Å². The molecule has 0 aliphatic carbocycles. The van der Waals surface area contributed by atoms with Crippen LogP contribution in [-0.4, -0.2) is 24.7 Å². The van der Waals surface area contributed by atoms with Gasteiger partial charge < -0.3 is 14.5 Å². The number of carbonyl (C=O) groups excluding carboxylic acids is 1. The van der Waals surface area contributed by atoms with Crippen molar-refractivity contribution in [3.05, 3.63) is 40.2 Å². The fraction of sp³-hybridized carbons (Fsp3) is 0.231. The number of hydrogen-bond acceptors (Lipinski definition) is 4. The van der Waals surface area contributed by atoms with Crippen molar-refractivity contribution in [1.29, 1.82) is 0 Å². The zero-order valence-corrected chi connectivity index (χ0v) is 10.1. The Labute approximate surface area is 103 Å². The molecule has 0 aliphatic rings. The highest BCUT2D eigenvalue weighted by Crippen LogP contribution is 2.16. The van der Waals surface area contributed by atoms with Gasteiger partial charge in [-0.15, -0.1) is 0 Å². The normalized spacial score (nSPS) is 10.3. The van der Waals surface area contributed by atoms with Crippen molar-refractivity contribution in [3.8, 4) is 5.75 Å². The molecule has 5 heteroatoms. The molecule has 2 rings (SSSR count). The molecule has 0 fully saturated rings. The van der Waals surface area contributed by atoms with Crippen molar-refractivity contribution in [1.82, 2.24) is 4.98 Å². The maximum atomic E-state index is 11.9. The lowest BCUT2D eigenvalue weighted by molar-refractivity contribution is 0.0520. The number of fused-ring (bicyclic) bond motifs is 1. The van der Waals surface area contributed by atoms with Gasteiger partial charge in [0, 0.05) is 11.5 Å². The van der Waals surface area contributed by atoms with Gasteiger partial charge in [0.2, 0.25) is 0 Å². The van der Waals surface area contributed by atoms with E-state index in [-0.39, 0.29) is 17.7 Å². The predicted octanol–water partition coefficient (Wildman–Crippen LogP) is 1.71. The molecule has 1 N–H and O–H groups in total. The van der Waals surface area contributed by atoms with Gasteiger partial charge in [-0.1, -0.05) is 0 Å². The summed E-state index contributed by atoms with van der Waals surface area (Å²) >= 11 is 0. The number of aromatic amines is 1. The molecule has 0 spiro atoms. The number of benzene rings is 1. The summed E-state index contributed by atoms with van der Waals surface area (Å²) in [5.74, 6) is 0.0594. The van der Waals surface area contributed by atoms with E-state index in [1.54, 1.807) is 25.1 Å². The van der Waals surface area contributed by atoms with E-state index in [9.17, 15) is 9.59 Å². The summed E-state index contributed by atoms with van der Waals surface area (Å²) < 4.78 is 9.89. The molecule has 0 radical (unpaired) electrons. The molecule has 1 heterocycles. The minimum absolute atomic E-state index is 0.152. The van der Waals surface area contributed by atoms with E-state index in [1.807, 2.05) is 0 Å². The smallest absolute Gasteiger partial charge is 0.354 e. The molecular weight excluding hydrogens is 234 g/mol. The highest BCUT2D eigenvalue weighted by molar-refractivity contribution is 5.91. The van der Waals surface area contributed by atoms with Crippen LogP contribution in [0.25, 0.3) is 10.9 Å². The second kappa shape index (κ2) is 4.91. The van der Waals surface area contributed by atoms with Crippen LogP contribution in [0.1, 0.15) is 17.4 Å². The first kappa shape index (κ1) is 12.2. The van der Waals surface area contributed by atoms with Gasteiger partial charge in [-0.2, -0.15) is 0 Å². The number of esters is 1. The van der Waals surface area contributed by atoms with Crippen LogP contribution in [0, 0.1) is 0 Å². The van der Waals surface area contributed by atoms with Crippen molar-refractivity contribution in [2.75, 3.05) is 13.7 Å². The molecule has 1 aromatic carbocycles. The molecule has 0 unspecified atom stereocenters. The molecule has 0 aliphatic heterocycles. The number of hydrogen-bond donors (Lipinski definition) is 1. The fourth-order valence-corrected chi connectivity index (χ4v) is 1.67. The topological polar surface area (TPSA) is 68.4 Å². The van der Waals surface area contributed by atoms with Crippen LogP contribution in [0.5, 0.6) is 5.75 Å². The van der Waals surface area contributed by atoms with Crippen LogP contribution < -0.4 is 10.2 Å². The van der Waals surface area contributed by atoms with Gasteiger partial charge in [-0.25, -0.2) is 4.79 Å². The summed E-state index contributed by atoms with van der Waals surface area (Å²) in [4.78, 5) is 26.3. The van der Waals surface area contributed by atoms with Crippen molar-refractivity contribution >= 4 is 16.9 Å². The van der Waals surface area contributed by atoms with Gasteiger partial charge in [-0.05, 0) is 25.1 Å². The third-order valence-corrected chi connectivity index (χ3v) is 2.53. The minimum Gasteiger partial charge on any atom is -0.497 e. The molecule has 0 saturated carbocycles. The van der Waals surface area contributed by atoms with E-state index >= 15 is 0 Å². The number of ether oxygens (including phenoxy) is 2. The summed E-state index contributed by atoms with van der Waals surface area (Å²) in [5.41, 5.74) is 0.483. The summed E-state index contributed by atoms with van der Waals surface area (Å²) in [6.45, 7) is 1.98. The third kappa shape index (κ3) is 2.20. The van der Waals surface area contributed by atoms with E-state index in [0.717, 1.165) is 0 Å². The first-order valence-electron chi connectivity index (χ1n) is 5.54. The Balaban J connectivity index is 2.57. The fourth-order valence-electron chi connectivity index (χ4n) is 1.67. The molecule has 1 aromatic heterocycles. The van der Waals surface area contributed by atoms with Crippen LogP contribution >= 0.6 is 0 Å². The molecule has 2 aromatic rings. The van der Waals surface area contributed by atoms with Crippen molar-refractivity contribution in [2.24, 2.45) is 0 Å². The average Bonchev–Trinajstić information content (AvgIpc) is 2.38. The van der Waals surface area contributed by atoms with Crippen LogP contribution in [0.2, 0.25) is 0 Å². The van der Waals surface area contributed by atoms with Crippen LogP contribution in [-0.2, 0) is 4.74 Å². The maximum absolute atomic E-state index is 11.9. The Kier molecular flexibility index (Phi) is 3.32. The number of nitrogens with one attached hydrogen (secondary N) is 1. The summed E-state index contributed by atoms with van der Waals surface area (Å²) in [6.07, 6.45) is 0. The van der Waals surface area contributed by atoms with Crippen LogP contribution in [0.4, 0.5) is 0 Å². The molecular formula is C13H13NO4. The quantitative estimate of drug-likeness (QED) is 0.838. The third-order valence-electron chi connectivity index (χ3n) is 2.53. The van der Waals surface area contributed by atoms with Gasteiger partial charge in [0.25, 0.3) is 0 Å². The van der Waals surface area contributed by atoms with Crippen LogP contribution in [0.15, 0.2) is 29.1 Å². The molecule has 94 valence electrons. The second-order valence-electron chi connectivity index (χ2n) is 3.68. The highest BCUT2D eigenvalue weighted by atomic mass is 16.5. The Morgan fingerprint density at radius 2 is 2.11 bits per heavy atom. The number of H-pyrrole nitrogens is 1. The van der Waals surface area contributed by atoms with Gasteiger partial charge in [0.05, 0.1) is 19.2 Å². The molecule has 5 nitrogen and oxygen atoms in total. The molecule has 0 bridgehead atoms. The predicted molar refractivity (Wildman–Crippen MR) is 67.1 cm³/mol. The molecule has 18 heavy (non-hydrogen) atoms. The summed E-state index contributed by atoms with van der Waals surface area (Å²) in [7, 11) is 1.53. The molecule has 0 saturated heterocycles. The maximum Gasteiger partial charge on any atom is 0.354 e. The summed E-state index contributed by atoms with van der Waals surface area (Å²) in [6, 6.07) is 6.27. The first-order valence-corrected chi connectivity index (χ1v) is 5.54. The lowest BCUT2D eigenvalue weighted by atomic mass is 10.2. The van der Waals surface area contributed by atoms with Gasteiger partial charge in [0.15, 0.2) is 5.43 Å². The highest BCUT2D eigenvalue weighted by Gasteiger charge is 2.10. The minimum atomic E-state index is -0.535. The van der Waals surface area contributed by atoms with Crippen molar-refractivity contribution in [2.45, 2.75) is 6.92 Å². The van der Waals surface area contributed by atoms with Crippen LogP contribution in [0.3, 0.4) is 0 Å². The SMILES string of the molecule is CCOC(=O)c1cc(=O)c2cc(OC)ccc2[nH]1. The van der Waals surface area contributed by atoms with E-state index in [1.165, 1.54) is 13.2 Å². The van der Waals surface area contributed by atoms with E-state index in [0.29, 0.717) is 16.7 Å². The monoisotopic (exact) mass is 247 g/mol. The first-order chi connectivity index (χ1) is 8.65. The van der Waals surface area contributed by atoms with Crippen molar-refractivity contribution in [3.63, 3.8) is 0 Å². The average molecular weight is 247 g/mol. The van der Waals surface area contributed by atoms with Crippen molar-refractivity contribution < 1.29 is 14.3 Å². The Morgan fingerprint density at radius 3 is 2.78 bits per heavy atom. The largest absolute Gasteiger partial charge is 0.497 e.